The molecule has 2 rings (SSSR count). The van der Waals surface area contributed by atoms with Crippen LogP contribution >= 0.6 is 0 Å². The minimum Gasteiger partial charge on any atom is -0.496 e. The van der Waals surface area contributed by atoms with E-state index in [9.17, 15) is 0 Å². The molecule has 0 bridgehead atoms. The lowest BCUT2D eigenvalue weighted by molar-refractivity contribution is 0.409. The number of hydrogen-bond donors (Lipinski definition) is 1. The molecule has 0 saturated heterocycles. The second kappa shape index (κ2) is 5.65. The first-order valence-corrected chi connectivity index (χ1v) is 6.30. The van der Waals surface area contributed by atoms with Gasteiger partial charge in [-0.15, -0.1) is 0 Å². The molecule has 0 radical (unpaired) electrons. The molecule has 0 aliphatic carbocycles. The minimum absolute atomic E-state index is 0.778. The molecule has 3 nitrogen and oxygen atoms in total. The van der Waals surface area contributed by atoms with Crippen LogP contribution in [0.2, 0.25) is 0 Å². The van der Waals surface area contributed by atoms with Crippen molar-refractivity contribution in [2.24, 2.45) is 0 Å². The van der Waals surface area contributed by atoms with Crippen molar-refractivity contribution in [3.05, 3.63) is 53.6 Å². The average Bonchev–Trinajstić information content (AvgIpc) is 2.39. The number of benzene rings is 2. The molecule has 0 aromatic heterocycles. The third-order valence-electron chi connectivity index (χ3n) is 3.15. The van der Waals surface area contributed by atoms with Gasteiger partial charge in [0.15, 0.2) is 0 Å². The predicted molar refractivity (Wildman–Crippen MR) is 80.7 cm³/mol. The smallest absolute Gasteiger partial charge is 0.123 e. The molecule has 2 N–H and O–H groups in total. The van der Waals surface area contributed by atoms with Crippen LogP contribution in [-0.2, 0) is 6.54 Å². The van der Waals surface area contributed by atoms with Crippen molar-refractivity contribution < 1.29 is 4.74 Å². The summed E-state index contributed by atoms with van der Waals surface area (Å²) in [7, 11) is 3.76. The molecule has 0 aliphatic heterocycles. The van der Waals surface area contributed by atoms with Gasteiger partial charge < -0.3 is 15.4 Å². The Labute approximate surface area is 114 Å². The fraction of sp³-hybridized carbons (Fsp3) is 0.250. The van der Waals surface area contributed by atoms with Crippen molar-refractivity contribution in [3.8, 4) is 5.75 Å². The molecule has 0 unspecified atom stereocenters. The van der Waals surface area contributed by atoms with Crippen LogP contribution in [0.4, 0.5) is 11.4 Å². The molecule has 0 amide bonds. The highest BCUT2D eigenvalue weighted by Gasteiger charge is 2.07. The predicted octanol–water partition coefficient (Wildman–Crippen LogP) is 3.22. The van der Waals surface area contributed by atoms with Gasteiger partial charge in [0.2, 0.25) is 0 Å². The normalized spacial score (nSPS) is 10.3. The van der Waals surface area contributed by atoms with Crippen LogP contribution in [0.15, 0.2) is 42.5 Å². The Bertz CT molecular complexity index is 566. The second-order valence-corrected chi connectivity index (χ2v) is 4.77. The summed E-state index contributed by atoms with van der Waals surface area (Å²) in [5.41, 5.74) is 10.1. The van der Waals surface area contributed by atoms with Gasteiger partial charge in [0.05, 0.1) is 7.11 Å². The van der Waals surface area contributed by atoms with Gasteiger partial charge in [0.1, 0.15) is 5.75 Å². The highest BCUT2D eigenvalue weighted by Crippen LogP contribution is 2.24. The first kappa shape index (κ1) is 13.3. The van der Waals surface area contributed by atoms with Crippen LogP contribution in [0.5, 0.6) is 5.75 Å². The lowest BCUT2D eigenvalue weighted by Crippen LogP contribution is -2.17. The van der Waals surface area contributed by atoms with Crippen molar-refractivity contribution >= 4 is 11.4 Å². The maximum absolute atomic E-state index is 5.82. The first-order valence-electron chi connectivity index (χ1n) is 6.30. The van der Waals surface area contributed by atoms with Crippen molar-refractivity contribution in [3.63, 3.8) is 0 Å². The molecule has 0 spiro atoms. The Hall–Kier alpha value is -2.16. The standard InChI is InChI=1S/C16H20N2O/c1-12-7-8-16(19-3)13(9-12)11-18(2)15-6-4-5-14(17)10-15/h4-10H,11,17H2,1-3H3. The Kier molecular flexibility index (Phi) is 3.95. The molecule has 0 fully saturated rings. The van der Waals surface area contributed by atoms with E-state index in [1.165, 1.54) is 11.1 Å². The van der Waals surface area contributed by atoms with Gasteiger partial charge in [0, 0.05) is 30.5 Å². The molecule has 0 aliphatic rings. The molecule has 0 heterocycles. The SMILES string of the molecule is COc1ccc(C)cc1CN(C)c1cccc(N)c1. The summed E-state index contributed by atoms with van der Waals surface area (Å²) < 4.78 is 5.41. The lowest BCUT2D eigenvalue weighted by Gasteiger charge is -2.21. The van der Waals surface area contributed by atoms with Crippen LogP contribution in [0, 0.1) is 6.92 Å². The summed E-state index contributed by atoms with van der Waals surface area (Å²) in [4.78, 5) is 2.16. The number of hydrogen-bond acceptors (Lipinski definition) is 3. The molecule has 0 saturated carbocycles. The van der Waals surface area contributed by atoms with Crippen molar-refractivity contribution in [2.75, 3.05) is 24.8 Å². The number of rotatable bonds is 4. The number of nitrogen functional groups attached to an aromatic ring is 1. The van der Waals surface area contributed by atoms with E-state index in [4.69, 9.17) is 10.5 Å². The Morgan fingerprint density at radius 1 is 1.16 bits per heavy atom. The van der Waals surface area contributed by atoms with Gasteiger partial charge in [-0.25, -0.2) is 0 Å². The molecular weight excluding hydrogens is 236 g/mol. The van der Waals surface area contributed by atoms with Crippen LogP contribution in [0.25, 0.3) is 0 Å². The highest BCUT2D eigenvalue weighted by atomic mass is 16.5. The average molecular weight is 256 g/mol. The molecular formula is C16H20N2O. The fourth-order valence-corrected chi connectivity index (χ4v) is 2.14. The third-order valence-corrected chi connectivity index (χ3v) is 3.15. The van der Waals surface area contributed by atoms with Crippen molar-refractivity contribution in [1.82, 2.24) is 0 Å². The molecule has 100 valence electrons. The van der Waals surface area contributed by atoms with Gasteiger partial charge >= 0.3 is 0 Å². The van der Waals surface area contributed by atoms with E-state index < -0.39 is 0 Å². The lowest BCUT2D eigenvalue weighted by atomic mass is 10.1. The summed E-state index contributed by atoms with van der Waals surface area (Å²) >= 11 is 0. The van der Waals surface area contributed by atoms with E-state index in [1.54, 1.807) is 7.11 Å². The van der Waals surface area contributed by atoms with E-state index in [2.05, 4.69) is 37.1 Å². The zero-order chi connectivity index (χ0) is 13.8. The Balaban J connectivity index is 2.23. The number of anilines is 2. The number of methoxy groups -OCH3 is 1. The first-order chi connectivity index (χ1) is 9.10. The molecule has 19 heavy (non-hydrogen) atoms. The summed E-state index contributed by atoms with van der Waals surface area (Å²) in [5.74, 6) is 0.918. The quantitative estimate of drug-likeness (QED) is 0.854. The van der Waals surface area contributed by atoms with Crippen LogP contribution in [-0.4, -0.2) is 14.2 Å². The van der Waals surface area contributed by atoms with Crippen LogP contribution in [0.1, 0.15) is 11.1 Å². The van der Waals surface area contributed by atoms with Gasteiger partial charge in [0.25, 0.3) is 0 Å². The largest absolute Gasteiger partial charge is 0.496 e. The topological polar surface area (TPSA) is 38.5 Å². The van der Waals surface area contributed by atoms with E-state index in [0.29, 0.717) is 0 Å². The maximum Gasteiger partial charge on any atom is 0.123 e. The molecule has 2 aromatic carbocycles. The summed E-state index contributed by atoms with van der Waals surface area (Å²) in [6.45, 7) is 2.87. The van der Waals surface area contributed by atoms with Gasteiger partial charge in [-0.3, -0.25) is 0 Å². The van der Waals surface area contributed by atoms with Crippen LogP contribution < -0.4 is 15.4 Å². The zero-order valence-electron chi connectivity index (χ0n) is 11.7. The van der Waals surface area contributed by atoms with Crippen LogP contribution in [0.3, 0.4) is 0 Å². The summed E-state index contributed by atoms with van der Waals surface area (Å²) in [6.07, 6.45) is 0. The number of ether oxygens (including phenoxy) is 1. The molecule has 2 aromatic rings. The Morgan fingerprint density at radius 3 is 2.63 bits per heavy atom. The zero-order valence-corrected chi connectivity index (χ0v) is 11.7. The maximum atomic E-state index is 5.82. The Morgan fingerprint density at radius 2 is 1.95 bits per heavy atom. The van der Waals surface area contributed by atoms with E-state index in [-0.39, 0.29) is 0 Å². The summed E-state index contributed by atoms with van der Waals surface area (Å²) in [5, 5.41) is 0. The number of nitrogens with two attached hydrogens (primary N) is 1. The monoisotopic (exact) mass is 256 g/mol. The molecule has 0 atom stereocenters. The minimum atomic E-state index is 0.778. The van der Waals surface area contributed by atoms with E-state index >= 15 is 0 Å². The van der Waals surface area contributed by atoms with Gasteiger partial charge in [-0.2, -0.15) is 0 Å². The molecule has 3 heteroatoms. The summed E-state index contributed by atoms with van der Waals surface area (Å²) in [6, 6.07) is 14.1. The fourth-order valence-electron chi connectivity index (χ4n) is 2.14. The van der Waals surface area contributed by atoms with Gasteiger partial charge in [-0.1, -0.05) is 23.8 Å². The van der Waals surface area contributed by atoms with E-state index in [0.717, 1.165) is 23.7 Å². The third kappa shape index (κ3) is 3.19. The number of aryl methyl sites for hydroxylation is 1. The van der Waals surface area contributed by atoms with E-state index in [1.807, 2.05) is 24.3 Å². The van der Waals surface area contributed by atoms with Crippen molar-refractivity contribution in [1.29, 1.82) is 0 Å². The highest BCUT2D eigenvalue weighted by molar-refractivity contribution is 5.56. The second-order valence-electron chi connectivity index (χ2n) is 4.77. The van der Waals surface area contributed by atoms with Crippen molar-refractivity contribution in [2.45, 2.75) is 13.5 Å². The van der Waals surface area contributed by atoms with Gasteiger partial charge in [-0.05, 0) is 31.2 Å². The number of nitrogens with zero attached hydrogens (tertiary/aromatic N) is 1.